The first kappa shape index (κ1) is 18.6. The molecular weight excluding hydrogens is 368 g/mol. The van der Waals surface area contributed by atoms with Crippen LogP contribution in [0, 0.1) is 5.92 Å². The maximum atomic E-state index is 12.9. The first-order valence-corrected chi connectivity index (χ1v) is 10.0. The Kier molecular flexibility index (Phi) is 5.65. The minimum atomic E-state index is -3.64. The summed E-state index contributed by atoms with van der Waals surface area (Å²) in [6, 6.07) is 4.14. The Balaban J connectivity index is 1.81. The third-order valence-electron chi connectivity index (χ3n) is 4.52. The van der Waals surface area contributed by atoms with Gasteiger partial charge in [0.25, 0.3) is 5.91 Å². The van der Waals surface area contributed by atoms with Gasteiger partial charge in [0.15, 0.2) is 6.29 Å². The number of halogens is 1. The van der Waals surface area contributed by atoms with E-state index < -0.39 is 10.0 Å². The SMILES string of the molecule is CNS(=O)(=O)c1ccc(Cl)c(C(=O)N2CCCC(C3OCCO3)C2)c1. The van der Waals surface area contributed by atoms with Gasteiger partial charge in [-0.15, -0.1) is 0 Å². The second-order valence-electron chi connectivity index (χ2n) is 6.11. The number of piperidine rings is 1. The first-order valence-electron chi connectivity index (χ1n) is 8.18. The highest BCUT2D eigenvalue weighted by Gasteiger charge is 2.33. The molecule has 3 rings (SSSR count). The minimum absolute atomic E-state index is 0.0127. The van der Waals surface area contributed by atoms with Crippen molar-refractivity contribution in [3.8, 4) is 0 Å². The summed E-state index contributed by atoms with van der Waals surface area (Å²) in [4.78, 5) is 14.6. The first-order chi connectivity index (χ1) is 11.9. The molecule has 2 aliphatic rings. The molecule has 2 heterocycles. The van der Waals surface area contributed by atoms with Crippen molar-refractivity contribution in [2.45, 2.75) is 24.0 Å². The fourth-order valence-electron chi connectivity index (χ4n) is 3.19. The van der Waals surface area contributed by atoms with E-state index >= 15 is 0 Å². The zero-order valence-electron chi connectivity index (χ0n) is 13.9. The number of hydrogen-bond donors (Lipinski definition) is 1. The molecule has 1 aromatic rings. The van der Waals surface area contributed by atoms with Crippen LogP contribution in [0.1, 0.15) is 23.2 Å². The van der Waals surface area contributed by atoms with Crippen molar-refractivity contribution < 1.29 is 22.7 Å². The van der Waals surface area contributed by atoms with Crippen molar-refractivity contribution in [3.63, 3.8) is 0 Å². The number of carbonyl (C=O) groups excluding carboxylic acids is 1. The molecule has 0 aromatic heterocycles. The Morgan fingerprint density at radius 3 is 2.72 bits per heavy atom. The van der Waals surface area contributed by atoms with Crippen LogP contribution in [0.15, 0.2) is 23.1 Å². The summed E-state index contributed by atoms with van der Waals surface area (Å²) in [5.41, 5.74) is 0.187. The fraction of sp³-hybridized carbons (Fsp3) is 0.562. The summed E-state index contributed by atoms with van der Waals surface area (Å²) in [6.45, 7) is 2.25. The van der Waals surface area contributed by atoms with Crippen molar-refractivity contribution in [1.82, 2.24) is 9.62 Å². The summed E-state index contributed by atoms with van der Waals surface area (Å²) in [6.07, 6.45) is 1.49. The molecule has 2 fully saturated rings. The lowest BCUT2D eigenvalue weighted by Gasteiger charge is -2.35. The Hall–Kier alpha value is -1.19. The van der Waals surface area contributed by atoms with E-state index in [0.29, 0.717) is 26.3 Å². The van der Waals surface area contributed by atoms with E-state index in [0.717, 1.165) is 12.8 Å². The molecule has 138 valence electrons. The summed E-state index contributed by atoms with van der Waals surface area (Å²) < 4.78 is 37.3. The number of carbonyl (C=O) groups is 1. The third-order valence-corrected chi connectivity index (χ3v) is 6.27. The van der Waals surface area contributed by atoms with Crippen LogP contribution in [0.25, 0.3) is 0 Å². The van der Waals surface area contributed by atoms with E-state index in [1.165, 1.54) is 25.2 Å². The zero-order valence-corrected chi connectivity index (χ0v) is 15.5. The van der Waals surface area contributed by atoms with Gasteiger partial charge in [0.05, 0.1) is 28.7 Å². The van der Waals surface area contributed by atoms with Crippen LogP contribution in [-0.2, 0) is 19.5 Å². The van der Waals surface area contributed by atoms with Crippen LogP contribution in [-0.4, -0.2) is 58.9 Å². The van der Waals surface area contributed by atoms with Crippen LogP contribution in [0.2, 0.25) is 5.02 Å². The number of hydrogen-bond acceptors (Lipinski definition) is 5. The van der Waals surface area contributed by atoms with Crippen molar-refractivity contribution in [2.75, 3.05) is 33.4 Å². The van der Waals surface area contributed by atoms with Crippen LogP contribution in [0.3, 0.4) is 0 Å². The predicted molar refractivity (Wildman–Crippen MR) is 92.0 cm³/mol. The fourth-order valence-corrected chi connectivity index (χ4v) is 4.14. The van der Waals surface area contributed by atoms with E-state index in [9.17, 15) is 13.2 Å². The number of nitrogens with zero attached hydrogens (tertiary/aromatic N) is 1. The largest absolute Gasteiger partial charge is 0.350 e. The smallest absolute Gasteiger partial charge is 0.255 e. The summed E-state index contributed by atoms with van der Waals surface area (Å²) in [5, 5.41) is 0.232. The van der Waals surface area contributed by atoms with Gasteiger partial charge in [-0.25, -0.2) is 13.1 Å². The number of ether oxygens (including phenoxy) is 2. The average molecular weight is 389 g/mol. The topological polar surface area (TPSA) is 84.9 Å². The molecule has 0 radical (unpaired) electrons. The van der Waals surface area contributed by atoms with E-state index in [-0.39, 0.29) is 33.6 Å². The lowest BCUT2D eigenvalue weighted by molar-refractivity contribution is -0.0969. The number of nitrogens with one attached hydrogen (secondary N) is 1. The molecule has 9 heteroatoms. The van der Waals surface area contributed by atoms with Crippen molar-refractivity contribution in [3.05, 3.63) is 28.8 Å². The zero-order chi connectivity index (χ0) is 18.0. The second kappa shape index (κ2) is 7.59. The number of benzene rings is 1. The summed E-state index contributed by atoms with van der Waals surface area (Å²) in [5.74, 6) is -0.163. The Morgan fingerprint density at radius 2 is 2.04 bits per heavy atom. The molecule has 0 saturated carbocycles. The van der Waals surface area contributed by atoms with Gasteiger partial charge in [-0.2, -0.15) is 0 Å². The Bertz CT molecular complexity index is 749. The number of rotatable bonds is 4. The molecule has 0 spiro atoms. The highest BCUT2D eigenvalue weighted by Crippen LogP contribution is 2.28. The summed E-state index contributed by atoms with van der Waals surface area (Å²) >= 11 is 6.15. The monoisotopic (exact) mass is 388 g/mol. The van der Waals surface area contributed by atoms with Gasteiger partial charge >= 0.3 is 0 Å². The van der Waals surface area contributed by atoms with Gasteiger partial charge in [-0.1, -0.05) is 11.6 Å². The van der Waals surface area contributed by atoms with Crippen molar-refractivity contribution in [2.24, 2.45) is 5.92 Å². The van der Waals surface area contributed by atoms with Gasteiger partial charge in [0.2, 0.25) is 10.0 Å². The molecule has 2 saturated heterocycles. The van der Waals surface area contributed by atoms with Crippen LogP contribution >= 0.6 is 11.6 Å². The number of likely N-dealkylation sites (tertiary alicyclic amines) is 1. The molecule has 1 aromatic carbocycles. The Labute approximate surface area is 152 Å². The molecule has 2 aliphatic heterocycles. The Morgan fingerprint density at radius 1 is 1.32 bits per heavy atom. The number of amides is 1. The average Bonchev–Trinajstić information content (AvgIpc) is 3.16. The highest BCUT2D eigenvalue weighted by molar-refractivity contribution is 7.89. The van der Waals surface area contributed by atoms with E-state index in [4.69, 9.17) is 21.1 Å². The van der Waals surface area contributed by atoms with Crippen LogP contribution in [0.5, 0.6) is 0 Å². The molecule has 1 atom stereocenters. The van der Waals surface area contributed by atoms with E-state index in [2.05, 4.69) is 4.72 Å². The van der Waals surface area contributed by atoms with Crippen LogP contribution < -0.4 is 4.72 Å². The highest BCUT2D eigenvalue weighted by atomic mass is 35.5. The van der Waals surface area contributed by atoms with E-state index in [1.807, 2.05) is 0 Å². The lowest BCUT2D eigenvalue weighted by Crippen LogP contribution is -2.44. The van der Waals surface area contributed by atoms with Gasteiger partial charge in [-0.3, -0.25) is 4.79 Å². The molecule has 0 aliphatic carbocycles. The summed E-state index contributed by atoms with van der Waals surface area (Å²) in [7, 11) is -2.32. The second-order valence-corrected chi connectivity index (χ2v) is 8.41. The normalized spacial score (nSPS) is 22.3. The molecular formula is C16H21ClN2O5S. The molecule has 1 amide bonds. The molecule has 25 heavy (non-hydrogen) atoms. The predicted octanol–water partition coefficient (Wildman–Crippen LogP) is 1.47. The quantitative estimate of drug-likeness (QED) is 0.844. The maximum Gasteiger partial charge on any atom is 0.255 e. The molecule has 1 unspecified atom stereocenters. The lowest BCUT2D eigenvalue weighted by atomic mass is 9.96. The van der Waals surface area contributed by atoms with Crippen molar-refractivity contribution in [1.29, 1.82) is 0 Å². The minimum Gasteiger partial charge on any atom is -0.350 e. The van der Waals surface area contributed by atoms with Gasteiger partial charge in [0.1, 0.15) is 0 Å². The molecule has 1 N–H and O–H groups in total. The van der Waals surface area contributed by atoms with Gasteiger partial charge in [0, 0.05) is 19.0 Å². The van der Waals surface area contributed by atoms with Gasteiger partial charge < -0.3 is 14.4 Å². The van der Waals surface area contributed by atoms with E-state index in [1.54, 1.807) is 4.90 Å². The maximum absolute atomic E-state index is 12.9. The standard InChI is InChI=1S/C16H21ClN2O5S/c1-18-25(21,22)12-4-5-14(17)13(9-12)15(20)19-6-2-3-11(10-19)16-23-7-8-24-16/h4-5,9,11,16,18H,2-3,6-8,10H2,1H3. The van der Waals surface area contributed by atoms with Gasteiger partial charge in [-0.05, 0) is 38.1 Å². The number of sulfonamides is 1. The van der Waals surface area contributed by atoms with Crippen molar-refractivity contribution >= 4 is 27.5 Å². The molecule has 0 bridgehead atoms. The molecule has 7 nitrogen and oxygen atoms in total. The third kappa shape index (κ3) is 3.98. The van der Waals surface area contributed by atoms with Crippen LogP contribution in [0.4, 0.5) is 0 Å².